The van der Waals surface area contributed by atoms with Crippen molar-refractivity contribution in [3.63, 3.8) is 0 Å². The average molecular weight is 395 g/mol. The molecule has 2 amide bonds. The number of rotatable bonds is 12. The number of nitrogens with one attached hydrogen (secondary N) is 2. The lowest BCUT2D eigenvalue weighted by Crippen LogP contribution is -2.33. The van der Waals surface area contributed by atoms with Gasteiger partial charge in [-0.05, 0) is 43.5 Å². The molecule has 1 aliphatic rings. The summed E-state index contributed by atoms with van der Waals surface area (Å²) in [6.07, 6.45) is 4.09. The van der Waals surface area contributed by atoms with E-state index in [1.807, 2.05) is 6.92 Å². The lowest BCUT2D eigenvalue weighted by molar-refractivity contribution is -0.126. The maximum atomic E-state index is 11.8. The first-order valence-corrected chi connectivity index (χ1v) is 9.54. The van der Waals surface area contributed by atoms with Crippen LogP contribution in [-0.4, -0.2) is 37.7 Å². The van der Waals surface area contributed by atoms with Crippen molar-refractivity contribution in [1.29, 1.82) is 0 Å². The Morgan fingerprint density at radius 3 is 2.59 bits per heavy atom. The zero-order valence-corrected chi connectivity index (χ0v) is 16.4. The predicted octanol–water partition coefficient (Wildman–Crippen LogP) is 3.06. The number of carbonyl (C=O) groups is 2. The molecule has 27 heavy (non-hydrogen) atoms. The van der Waals surface area contributed by atoms with Gasteiger partial charge in [-0.1, -0.05) is 31.0 Å². The van der Waals surface area contributed by atoms with E-state index in [9.17, 15) is 9.59 Å². The molecule has 2 N–H and O–H groups in total. The summed E-state index contributed by atoms with van der Waals surface area (Å²) in [6.45, 7) is 6.08. The molecule has 1 fully saturated rings. The molecule has 7 heteroatoms. The van der Waals surface area contributed by atoms with Gasteiger partial charge in [0.2, 0.25) is 5.91 Å². The molecule has 0 radical (unpaired) electrons. The second-order valence-electron chi connectivity index (χ2n) is 6.79. The van der Waals surface area contributed by atoms with Crippen molar-refractivity contribution in [2.75, 3.05) is 19.8 Å². The molecule has 1 aliphatic carbocycles. The van der Waals surface area contributed by atoms with Crippen LogP contribution in [0.4, 0.5) is 0 Å². The monoisotopic (exact) mass is 394 g/mol. The minimum absolute atomic E-state index is 0.0220. The Hall–Kier alpha value is -2.05. The molecular formula is C20H27ClN2O4. The lowest BCUT2D eigenvalue weighted by Gasteiger charge is -2.13. The Balaban J connectivity index is 1.51. The summed E-state index contributed by atoms with van der Waals surface area (Å²) in [5.74, 6) is 0.869. The van der Waals surface area contributed by atoms with Crippen LogP contribution in [0.5, 0.6) is 5.75 Å². The zero-order valence-electron chi connectivity index (χ0n) is 15.6. The largest absolute Gasteiger partial charge is 0.484 e. The van der Waals surface area contributed by atoms with Crippen LogP contribution in [0.25, 0.3) is 0 Å². The fraction of sp³-hybridized carbons (Fsp3) is 0.500. The van der Waals surface area contributed by atoms with E-state index in [0.29, 0.717) is 29.4 Å². The van der Waals surface area contributed by atoms with Crippen LogP contribution in [0.15, 0.2) is 36.5 Å². The van der Waals surface area contributed by atoms with Crippen LogP contribution in [0, 0.1) is 5.92 Å². The van der Waals surface area contributed by atoms with Crippen LogP contribution in [0.2, 0.25) is 5.02 Å². The number of hydrogen-bond acceptors (Lipinski definition) is 4. The number of ether oxygens (including phenoxy) is 2. The summed E-state index contributed by atoms with van der Waals surface area (Å²) in [5, 5.41) is 6.01. The maximum Gasteiger partial charge on any atom is 0.257 e. The van der Waals surface area contributed by atoms with E-state index in [1.54, 1.807) is 24.3 Å². The van der Waals surface area contributed by atoms with Crippen molar-refractivity contribution in [2.24, 2.45) is 5.92 Å². The van der Waals surface area contributed by atoms with E-state index in [0.717, 1.165) is 12.3 Å². The van der Waals surface area contributed by atoms with Gasteiger partial charge in [0.05, 0.1) is 6.10 Å². The fourth-order valence-corrected chi connectivity index (χ4v) is 2.61. The van der Waals surface area contributed by atoms with Gasteiger partial charge in [-0.15, -0.1) is 0 Å². The van der Waals surface area contributed by atoms with E-state index in [1.165, 1.54) is 12.8 Å². The molecule has 1 saturated carbocycles. The summed E-state index contributed by atoms with van der Waals surface area (Å²) >= 11 is 5.79. The summed E-state index contributed by atoms with van der Waals surface area (Å²) in [5.41, 5.74) is 0.539. The van der Waals surface area contributed by atoms with Crippen molar-refractivity contribution in [2.45, 2.75) is 38.7 Å². The molecule has 148 valence electrons. The topological polar surface area (TPSA) is 76.7 Å². The van der Waals surface area contributed by atoms with Crippen LogP contribution in [-0.2, 0) is 14.3 Å². The third kappa shape index (κ3) is 9.45. The first kappa shape index (κ1) is 21.3. The molecule has 0 aliphatic heterocycles. The highest BCUT2D eigenvalue weighted by Gasteiger charge is 2.24. The van der Waals surface area contributed by atoms with Crippen molar-refractivity contribution in [3.05, 3.63) is 41.6 Å². The van der Waals surface area contributed by atoms with Crippen molar-refractivity contribution < 1.29 is 19.1 Å². The third-order valence-electron chi connectivity index (χ3n) is 4.11. The molecule has 0 saturated heterocycles. The zero-order chi connectivity index (χ0) is 19.6. The second kappa shape index (κ2) is 10.9. The molecule has 1 atom stereocenters. The summed E-state index contributed by atoms with van der Waals surface area (Å²) in [6, 6.07) is 6.77. The second-order valence-corrected chi connectivity index (χ2v) is 7.23. The highest BCUT2D eigenvalue weighted by atomic mass is 35.5. The molecule has 0 heterocycles. The highest BCUT2D eigenvalue weighted by molar-refractivity contribution is 6.30. The van der Waals surface area contributed by atoms with Crippen molar-refractivity contribution in [1.82, 2.24) is 10.6 Å². The van der Waals surface area contributed by atoms with Gasteiger partial charge in [-0.25, -0.2) is 0 Å². The molecule has 1 aromatic carbocycles. The summed E-state index contributed by atoms with van der Waals surface area (Å²) in [7, 11) is 0. The Morgan fingerprint density at radius 1 is 1.22 bits per heavy atom. The van der Waals surface area contributed by atoms with Gasteiger partial charge in [0.25, 0.3) is 5.91 Å². The highest BCUT2D eigenvalue weighted by Crippen LogP contribution is 2.34. The SMILES string of the molecule is C=C(CCNC(=O)COc1ccc(Cl)cc1)NC(=O)COC(C)CC1CC1. The van der Waals surface area contributed by atoms with Crippen LogP contribution in [0.3, 0.4) is 0 Å². The molecule has 6 nitrogen and oxygen atoms in total. The molecule has 1 unspecified atom stereocenters. The van der Waals surface area contributed by atoms with E-state index >= 15 is 0 Å². The smallest absolute Gasteiger partial charge is 0.257 e. The molecule has 2 rings (SSSR count). The standard InChI is InChI=1S/C20H27ClN2O4/c1-14(23-20(25)13-26-15(2)11-16-3-4-16)9-10-22-19(24)12-27-18-7-5-17(21)6-8-18/h5-8,15-16H,1,3-4,9-13H2,2H3,(H,22,24)(H,23,25). The first-order chi connectivity index (χ1) is 12.9. The van der Waals surface area contributed by atoms with Gasteiger partial charge >= 0.3 is 0 Å². The Kier molecular flexibility index (Phi) is 8.61. The predicted molar refractivity (Wildman–Crippen MR) is 105 cm³/mol. The van der Waals surface area contributed by atoms with Gasteiger partial charge < -0.3 is 20.1 Å². The van der Waals surface area contributed by atoms with Gasteiger partial charge in [-0.3, -0.25) is 9.59 Å². The van der Waals surface area contributed by atoms with Gasteiger partial charge in [0, 0.05) is 23.7 Å². The molecule has 0 spiro atoms. The van der Waals surface area contributed by atoms with E-state index in [2.05, 4.69) is 17.2 Å². The van der Waals surface area contributed by atoms with E-state index in [-0.39, 0.29) is 31.1 Å². The fourth-order valence-electron chi connectivity index (χ4n) is 2.49. The lowest BCUT2D eigenvalue weighted by atomic mass is 10.2. The first-order valence-electron chi connectivity index (χ1n) is 9.16. The van der Waals surface area contributed by atoms with Crippen LogP contribution >= 0.6 is 11.6 Å². The van der Waals surface area contributed by atoms with Gasteiger partial charge in [0.15, 0.2) is 6.61 Å². The molecule has 0 bridgehead atoms. The minimum Gasteiger partial charge on any atom is -0.484 e. The van der Waals surface area contributed by atoms with Gasteiger partial charge in [-0.2, -0.15) is 0 Å². The summed E-state index contributed by atoms with van der Waals surface area (Å²) < 4.78 is 10.9. The van der Waals surface area contributed by atoms with Gasteiger partial charge in [0.1, 0.15) is 12.4 Å². The number of carbonyl (C=O) groups excluding carboxylic acids is 2. The molecular weight excluding hydrogens is 368 g/mol. The summed E-state index contributed by atoms with van der Waals surface area (Å²) in [4.78, 5) is 23.6. The van der Waals surface area contributed by atoms with E-state index in [4.69, 9.17) is 21.1 Å². The molecule has 1 aromatic rings. The van der Waals surface area contributed by atoms with Crippen LogP contribution < -0.4 is 15.4 Å². The maximum absolute atomic E-state index is 11.8. The quantitative estimate of drug-likeness (QED) is 0.571. The number of halogens is 1. The van der Waals surface area contributed by atoms with Crippen LogP contribution in [0.1, 0.15) is 32.6 Å². The Morgan fingerprint density at radius 2 is 1.93 bits per heavy atom. The third-order valence-corrected chi connectivity index (χ3v) is 4.36. The van der Waals surface area contributed by atoms with E-state index < -0.39 is 0 Å². The van der Waals surface area contributed by atoms with Crippen molar-refractivity contribution >= 4 is 23.4 Å². The normalized spacial score (nSPS) is 14.3. The molecule has 0 aromatic heterocycles. The Labute approximate surface area is 165 Å². The number of benzene rings is 1. The Bertz CT molecular complexity index is 644. The number of amides is 2. The minimum atomic E-state index is -0.249. The van der Waals surface area contributed by atoms with Crippen molar-refractivity contribution in [3.8, 4) is 5.75 Å². The average Bonchev–Trinajstić information content (AvgIpc) is 3.43. The number of hydrogen-bond donors (Lipinski definition) is 2.